The molecule has 1 atom stereocenters. The van der Waals surface area contributed by atoms with Crippen molar-refractivity contribution in [2.75, 3.05) is 19.4 Å². The highest BCUT2D eigenvalue weighted by Gasteiger charge is 2.13. The van der Waals surface area contributed by atoms with Crippen LogP contribution in [0, 0.1) is 0 Å². The van der Waals surface area contributed by atoms with Crippen LogP contribution in [0.2, 0.25) is 0 Å². The number of aryl methyl sites for hydroxylation is 1. The summed E-state index contributed by atoms with van der Waals surface area (Å²) in [5, 5.41) is 12.4. The topological polar surface area (TPSA) is 52.0 Å². The van der Waals surface area contributed by atoms with Crippen LogP contribution in [0.5, 0.6) is 5.75 Å². The van der Waals surface area contributed by atoms with E-state index < -0.39 is 0 Å². The number of aromatic nitrogens is 3. The number of benzene rings is 1. The van der Waals surface area contributed by atoms with E-state index in [4.69, 9.17) is 4.74 Å². The fourth-order valence-electron chi connectivity index (χ4n) is 1.94. The van der Waals surface area contributed by atoms with Gasteiger partial charge in [0.2, 0.25) is 0 Å². The molecule has 0 saturated heterocycles. The van der Waals surface area contributed by atoms with E-state index in [1.54, 1.807) is 25.2 Å². The number of methoxy groups -OCH3 is 1. The highest BCUT2D eigenvalue weighted by Crippen LogP contribution is 2.25. The summed E-state index contributed by atoms with van der Waals surface area (Å²) in [6.07, 6.45) is 1.72. The summed E-state index contributed by atoms with van der Waals surface area (Å²) in [5.41, 5.74) is 1.22. The second-order valence-electron chi connectivity index (χ2n) is 4.42. The third kappa shape index (κ3) is 3.74. The Kier molecular flexibility index (Phi) is 5.43. The minimum Gasteiger partial charge on any atom is -0.497 e. The van der Waals surface area contributed by atoms with Crippen LogP contribution >= 0.6 is 11.8 Å². The van der Waals surface area contributed by atoms with Crippen LogP contribution in [0.3, 0.4) is 0 Å². The molecule has 1 aromatic carbocycles. The predicted molar refractivity (Wildman–Crippen MR) is 81.1 cm³/mol. The molecule has 0 saturated carbocycles. The van der Waals surface area contributed by atoms with Gasteiger partial charge in [0.15, 0.2) is 5.16 Å². The third-order valence-corrected chi connectivity index (χ3v) is 4.12. The monoisotopic (exact) mass is 292 g/mol. The molecule has 0 aliphatic carbocycles. The largest absolute Gasteiger partial charge is 0.497 e. The Morgan fingerprint density at radius 2 is 2.30 bits per heavy atom. The molecular formula is C14H20N4OS. The van der Waals surface area contributed by atoms with Gasteiger partial charge in [-0.2, -0.15) is 0 Å². The Labute approximate surface area is 123 Å². The maximum absolute atomic E-state index is 5.29. The number of nitrogens with one attached hydrogen (secondary N) is 1. The van der Waals surface area contributed by atoms with E-state index >= 15 is 0 Å². The average molecular weight is 292 g/mol. The van der Waals surface area contributed by atoms with Crippen molar-refractivity contribution in [1.82, 2.24) is 20.1 Å². The van der Waals surface area contributed by atoms with Gasteiger partial charge < -0.3 is 14.6 Å². The zero-order chi connectivity index (χ0) is 14.4. The van der Waals surface area contributed by atoms with E-state index in [9.17, 15) is 0 Å². The van der Waals surface area contributed by atoms with Crippen molar-refractivity contribution < 1.29 is 4.74 Å². The first-order chi connectivity index (χ1) is 9.74. The van der Waals surface area contributed by atoms with Gasteiger partial charge in [0.25, 0.3) is 0 Å². The summed E-state index contributed by atoms with van der Waals surface area (Å²) < 4.78 is 7.22. The van der Waals surface area contributed by atoms with Gasteiger partial charge in [0.05, 0.1) is 7.11 Å². The van der Waals surface area contributed by atoms with Crippen LogP contribution < -0.4 is 10.1 Å². The van der Waals surface area contributed by atoms with Crippen LogP contribution in [0.4, 0.5) is 0 Å². The smallest absolute Gasteiger partial charge is 0.190 e. The maximum Gasteiger partial charge on any atom is 0.190 e. The molecule has 1 heterocycles. The minimum atomic E-state index is 0.261. The highest BCUT2D eigenvalue weighted by molar-refractivity contribution is 7.99. The summed E-state index contributed by atoms with van der Waals surface area (Å²) in [7, 11) is 3.64. The quantitative estimate of drug-likeness (QED) is 0.793. The fourth-order valence-corrected chi connectivity index (χ4v) is 2.92. The molecule has 0 aliphatic rings. The number of hydrogen-bond donors (Lipinski definition) is 1. The van der Waals surface area contributed by atoms with E-state index in [1.165, 1.54) is 5.56 Å². The molecule has 0 spiro atoms. The maximum atomic E-state index is 5.29. The predicted octanol–water partition coefficient (Wildman–Crippen LogP) is 2.27. The summed E-state index contributed by atoms with van der Waals surface area (Å²) in [5.74, 6) is 1.78. The summed E-state index contributed by atoms with van der Waals surface area (Å²) in [6, 6.07) is 8.43. The number of ether oxygens (including phenoxy) is 1. The van der Waals surface area contributed by atoms with Crippen molar-refractivity contribution in [2.45, 2.75) is 18.1 Å². The third-order valence-electron chi connectivity index (χ3n) is 3.00. The Hall–Kier alpha value is -1.53. The molecule has 0 aliphatic heterocycles. The fraction of sp³-hybridized carbons (Fsp3) is 0.429. The number of nitrogens with zero attached hydrogens (tertiary/aromatic N) is 3. The Morgan fingerprint density at radius 1 is 1.45 bits per heavy atom. The van der Waals surface area contributed by atoms with Gasteiger partial charge in [-0.05, 0) is 24.2 Å². The number of hydrogen-bond acceptors (Lipinski definition) is 5. The van der Waals surface area contributed by atoms with Gasteiger partial charge in [-0.25, -0.2) is 0 Å². The molecule has 0 radical (unpaired) electrons. The minimum absolute atomic E-state index is 0.261. The molecule has 6 heteroatoms. The second kappa shape index (κ2) is 7.31. The van der Waals surface area contributed by atoms with Crippen LogP contribution in [0.25, 0.3) is 0 Å². The Balaban J connectivity index is 2.08. The summed E-state index contributed by atoms with van der Waals surface area (Å²) in [6.45, 7) is 3.03. The van der Waals surface area contributed by atoms with Crippen molar-refractivity contribution in [1.29, 1.82) is 0 Å². The van der Waals surface area contributed by atoms with Crippen LogP contribution in [-0.4, -0.2) is 34.2 Å². The Morgan fingerprint density at radius 3 is 2.95 bits per heavy atom. The second-order valence-corrected chi connectivity index (χ2v) is 5.41. The van der Waals surface area contributed by atoms with Crippen LogP contribution in [0.1, 0.15) is 18.5 Å². The number of rotatable bonds is 7. The molecule has 2 rings (SSSR count). The van der Waals surface area contributed by atoms with Crippen molar-refractivity contribution in [3.63, 3.8) is 0 Å². The summed E-state index contributed by atoms with van der Waals surface area (Å²) >= 11 is 1.70. The van der Waals surface area contributed by atoms with E-state index in [0.29, 0.717) is 0 Å². The molecule has 1 unspecified atom stereocenters. The summed E-state index contributed by atoms with van der Waals surface area (Å²) in [4.78, 5) is 0. The zero-order valence-corrected chi connectivity index (χ0v) is 12.9. The van der Waals surface area contributed by atoms with E-state index in [-0.39, 0.29) is 6.04 Å². The van der Waals surface area contributed by atoms with Gasteiger partial charge in [-0.15, -0.1) is 10.2 Å². The molecule has 1 N–H and O–H groups in total. The van der Waals surface area contributed by atoms with Crippen molar-refractivity contribution in [3.8, 4) is 5.75 Å². The Bertz CT molecular complexity index is 543. The highest BCUT2D eigenvalue weighted by atomic mass is 32.2. The van der Waals surface area contributed by atoms with Gasteiger partial charge in [-0.1, -0.05) is 30.8 Å². The van der Waals surface area contributed by atoms with Gasteiger partial charge in [0, 0.05) is 18.8 Å². The lowest BCUT2D eigenvalue weighted by molar-refractivity contribution is 0.413. The lowest BCUT2D eigenvalue weighted by Crippen LogP contribution is -2.23. The van der Waals surface area contributed by atoms with Crippen molar-refractivity contribution in [2.24, 2.45) is 7.05 Å². The molecule has 0 fully saturated rings. The van der Waals surface area contributed by atoms with Crippen molar-refractivity contribution in [3.05, 3.63) is 36.2 Å². The first-order valence-electron chi connectivity index (χ1n) is 6.58. The average Bonchev–Trinajstić information content (AvgIpc) is 2.89. The molecule has 5 nitrogen and oxygen atoms in total. The van der Waals surface area contributed by atoms with Crippen molar-refractivity contribution >= 4 is 11.8 Å². The van der Waals surface area contributed by atoms with Gasteiger partial charge in [-0.3, -0.25) is 0 Å². The molecule has 2 aromatic rings. The first-order valence-corrected chi connectivity index (χ1v) is 7.57. The normalized spacial score (nSPS) is 12.3. The first kappa shape index (κ1) is 14.9. The van der Waals surface area contributed by atoms with Crippen LogP contribution in [-0.2, 0) is 7.05 Å². The van der Waals surface area contributed by atoms with Gasteiger partial charge in [0.1, 0.15) is 12.1 Å². The van der Waals surface area contributed by atoms with E-state index in [1.807, 2.05) is 23.7 Å². The molecular weight excluding hydrogens is 272 g/mol. The molecule has 0 amide bonds. The lowest BCUT2D eigenvalue weighted by atomic mass is 10.1. The van der Waals surface area contributed by atoms with Crippen LogP contribution in [0.15, 0.2) is 35.7 Å². The molecule has 108 valence electrons. The molecule has 0 bridgehead atoms. The lowest BCUT2D eigenvalue weighted by Gasteiger charge is -2.18. The molecule has 20 heavy (non-hydrogen) atoms. The van der Waals surface area contributed by atoms with Gasteiger partial charge >= 0.3 is 0 Å². The standard InChI is InChI=1S/C14H20N4OS/c1-4-15-13(9-20-14-17-16-10-18(14)2)11-6-5-7-12(8-11)19-3/h5-8,10,13,15H,4,9H2,1-3H3. The molecule has 1 aromatic heterocycles. The van der Waals surface area contributed by atoms with E-state index in [0.717, 1.165) is 23.2 Å². The SMILES string of the molecule is CCNC(CSc1nncn1C)c1cccc(OC)c1. The zero-order valence-electron chi connectivity index (χ0n) is 12.0. The number of thioether (sulfide) groups is 1. The van der Waals surface area contributed by atoms with E-state index in [2.05, 4.69) is 34.6 Å².